The van der Waals surface area contributed by atoms with Crippen molar-refractivity contribution in [2.24, 2.45) is 0 Å². The van der Waals surface area contributed by atoms with E-state index in [0.29, 0.717) is 0 Å². The molecule has 0 radical (unpaired) electrons. The van der Waals surface area contributed by atoms with Crippen molar-refractivity contribution in [2.75, 3.05) is 5.75 Å². The van der Waals surface area contributed by atoms with Crippen molar-refractivity contribution in [1.29, 1.82) is 0 Å². The molecule has 0 aromatic heterocycles. The lowest BCUT2D eigenvalue weighted by Gasteiger charge is -2.33. The van der Waals surface area contributed by atoms with E-state index in [2.05, 4.69) is 36.9 Å². The predicted octanol–water partition coefficient (Wildman–Crippen LogP) is 3.40. The predicted molar refractivity (Wildman–Crippen MR) is 71.1 cm³/mol. The Morgan fingerprint density at radius 2 is 1.81 bits per heavy atom. The van der Waals surface area contributed by atoms with Gasteiger partial charge in [0.15, 0.2) is 0 Å². The minimum absolute atomic E-state index is 0.258. The second kappa shape index (κ2) is 5.24. The highest BCUT2D eigenvalue weighted by atomic mass is 32.1. The second-order valence-electron chi connectivity index (χ2n) is 4.79. The third kappa shape index (κ3) is 2.44. The van der Waals surface area contributed by atoms with E-state index < -0.39 is 5.60 Å². The molecule has 88 valence electrons. The molecule has 1 N–H and O–H groups in total. The van der Waals surface area contributed by atoms with Crippen LogP contribution >= 0.6 is 12.6 Å². The molecule has 1 fully saturated rings. The zero-order chi connectivity index (χ0) is 11.4. The van der Waals surface area contributed by atoms with E-state index in [0.717, 1.165) is 37.9 Å². The minimum Gasteiger partial charge on any atom is -0.389 e. The Balaban J connectivity index is 2.23. The van der Waals surface area contributed by atoms with Gasteiger partial charge in [-0.15, -0.1) is 0 Å². The molecule has 0 spiro atoms. The van der Waals surface area contributed by atoms with Crippen LogP contribution in [0.3, 0.4) is 0 Å². The summed E-state index contributed by atoms with van der Waals surface area (Å²) in [5.41, 5.74) is 0.783. The Labute approximate surface area is 103 Å². The van der Waals surface area contributed by atoms with Crippen LogP contribution in [0.25, 0.3) is 0 Å². The van der Waals surface area contributed by atoms with E-state index in [1.54, 1.807) is 0 Å². The fourth-order valence-electron chi connectivity index (χ4n) is 2.90. The van der Waals surface area contributed by atoms with Gasteiger partial charge in [-0.2, -0.15) is 12.6 Å². The molecule has 1 aliphatic carbocycles. The monoisotopic (exact) mass is 236 g/mol. The Kier molecular flexibility index (Phi) is 3.93. The van der Waals surface area contributed by atoms with Gasteiger partial charge in [0.25, 0.3) is 0 Å². The number of rotatable bonds is 4. The lowest BCUT2D eigenvalue weighted by molar-refractivity contribution is 0.0176. The van der Waals surface area contributed by atoms with Crippen LogP contribution in [0.5, 0.6) is 0 Å². The first-order valence-corrected chi connectivity index (χ1v) is 6.78. The van der Waals surface area contributed by atoms with Gasteiger partial charge in [-0.25, -0.2) is 0 Å². The Morgan fingerprint density at radius 1 is 1.19 bits per heavy atom. The van der Waals surface area contributed by atoms with E-state index in [4.69, 9.17) is 0 Å². The third-order valence-electron chi connectivity index (χ3n) is 3.74. The Bertz CT molecular complexity index is 317. The second-order valence-corrected chi connectivity index (χ2v) is 5.23. The summed E-state index contributed by atoms with van der Waals surface area (Å²) in [6, 6.07) is 10.4. The molecular formula is C14H20OS. The summed E-state index contributed by atoms with van der Waals surface area (Å²) in [7, 11) is 0. The molecule has 1 aromatic rings. The van der Waals surface area contributed by atoms with Gasteiger partial charge in [-0.05, 0) is 30.6 Å². The SMILES string of the molecule is OC1(C(CCS)c2ccccc2)CCCC1. The Hall–Kier alpha value is -0.470. The van der Waals surface area contributed by atoms with Crippen LogP contribution in [0.4, 0.5) is 0 Å². The summed E-state index contributed by atoms with van der Waals surface area (Å²) in [6.07, 6.45) is 5.17. The average Bonchev–Trinajstić information content (AvgIpc) is 2.75. The van der Waals surface area contributed by atoms with Gasteiger partial charge < -0.3 is 5.11 Å². The van der Waals surface area contributed by atoms with E-state index >= 15 is 0 Å². The molecule has 1 nitrogen and oxygen atoms in total. The molecule has 16 heavy (non-hydrogen) atoms. The number of hydrogen-bond acceptors (Lipinski definition) is 2. The van der Waals surface area contributed by atoms with Crippen LogP contribution in [0, 0.1) is 0 Å². The van der Waals surface area contributed by atoms with Crippen LogP contribution < -0.4 is 0 Å². The van der Waals surface area contributed by atoms with Gasteiger partial charge in [-0.1, -0.05) is 43.2 Å². The summed E-state index contributed by atoms with van der Waals surface area (Å²) in [5, 5.41) is 10.7. The van der Waals surface area contributed by atoms with Gasteiger partial charge in [0.2, 0.25) is 0 Å². The highest BCUT2D eigenvalue weighted by Crippen LogP contribution is 2.43. The third-order valence-corrected chi connectivity index (χ3v) is 4.00. The van der Waals surface area contributed by atoms with Gasteiger partial charge in [0, 0.05) is 5.92 Å². The maximum atomic E-state index is 10.7. The topological polar surface area (TPSA) is 20.2 Å². The minimum atomic E-state index is -0.482. The standard InChI is InChI=1S/C14H20OS/c15-14(9-4-5-10-14)13(8-11-16)12-6-2-1-3-7-12/h1-3,6-7,13,15-16H,4-5,8-11H2. The summed E-state index contributed by atoms with van der Waals surface area (Å²) in [6.45, 7) is 0. The van der Waals surface area contributed by atoms with Gasteiger partial charge >= 0.3 is 0 Å². The number of aliphatic hydroxyl groups is 1. The highest BCUT2D eigenvalue weighted by Gasteiger charge is 2.39. The fourth-order valence-corrected chi connectivity index (χ4v) is 3.15. The number of thiol groups is 1. The molecule has 0 heterocycles. The molecule has 1 saturated carbocycles. The number of hydrogen-bond donors (Lipinski definition) is 2. The molecular weight excluding hydrogens is 216 g/mol. The molecule has 1 aliphatic rings. The number of benzene rings is 1. The summed E-state index contributed by atoms with van der Waals surface area (Å²) in [4.78, 5) is 0. The Morgan fingerprint density at radius 3 is 2.38 bits per heavy atom. The van der Waals surface area contributed by atoms with Crippen LogP contribution in [0.2, 0.25) is 0 Å². The molecule has 1 aromatic carbocycles. The summed E-state index contributed by atoms with van der Waals surface area (Å²) < 4.78 is 0. The molecule has 0 aliphatic heterocycles. The van der Waals surface area contributed by atoms with Gasteiger partial charge in [0.1, 0.15) is 0 Å². The van der Waals surface area contributed by atoms with Gasteiger partial charge in [-0.3, -0.25) is 0 Å². The fraction of sp³-hybridized carbons (Fsp3) is 0.571. The van der Waals surface area contributed by atoms with Crippen molar-refractivity contribution in [3.63, 3.8) is 0 Å². The maximum absolute atomic E-state index is 10.7. The van der Waals surface area contributed by atoms with E-state index in [1.165, 1.54) is 5.56 Å². The van der Waals surface area contributed by atoms with E-state index in [-0.39, 0.29) is 5.92 Å². The van der Waals surface area contributed by atoms with Crippen molar-refractivity contribution >= 4 is 12.6 Å². The molecule has 1 atom stereocenters. The highest BCUT2D eigenvalue weighted by molar-refractivity contribution is 7.80. The van der Waals surface area contributed by atoms with E-state index in [1.807, 2.05) is 6.07 Å². The van der Waals surface area contributed by atoms with Crippen molar-refractivity contribution in [1.82, 2.24) is 0 Å². The van der Waals surface area contributed by atoms with E-state index in [9.17, 15) is 5.11 Å². The summed E-state index contributed by atoms with van der Waals surface area (Å²) >= 11 is 4.33. The van der Waals surface area contributed by atoms with Crippen molar-refractivity contribution in [3.8, 4) is 0 Å². The molecule has 0 saturated heterocycles. The lowest BCUT2D eigenvalue weighted by Crippen LogP contribution is -2.33. The zero-order valence-electron chi connectivity index (χ0n) is 9.60. The quantitative estimate of drug-likeness (QED) is 0.768. The van der Waals surface area contributed by atoms with Crippen LogP contribution in [0.1, 0.15) is 43.6 Å². The van der Waals surface area contributed by atoms with Crippen molar-refractivity contribution in [3.05, 3.63) is 35.9 Å². The first-order chi connectivity index (χ1) is 7.76. The maximum Gasteiger partial charge on any atom is 0.0716 e. The molecule has 2 rings (SSSR count). The van der Waals surface area contributed by atoms with Gasteiger partial charge in [0.05, 0.1) is 5.60 Å². The normalized spacial score (nSPS) is 20.9. The molecule has 0 bridgehead atoms. The molecule has 2 heteroatoms. The van der Waals surface area contributed by atoms with Crippen LogP contribution in [0.15, 0.2) is 30.3 Å². The van der Waals surface area contributed by atoms with Crippen LogP contribution in [-0.4, -0.2) is 16.5 Å². The van der Waals surface area contributed by atoms with Crippen molar-refractivity contribution < 1.29 is 5.11 Å². The largest absolute Gasteiger partial charge is 0.389 e. The molecule has 1 unspecified atom stereocenters. The first kappa shape index (κ1) is 12.0. The average molecular weight is 236 g/mol. The van der Waals surface area contributed by atoms with Crippen molar-refractivity contribution in [2.45, 2.75) is 43.6 Å². The summed E-state index contributed by atoms with van der Waals surface area (Å²) in [5.74, 6) is 1.09. The lowest BCUT2D eigenvalue weighted by atomic mass is 9.79. The molecule has 0 amide bonds. The first-order valence-electron chi connectivity index (χ1n) is 6.14. The zero-order valence-corrected chi connectivity index (χ0v) is 10.5. The smallest absolute Gasteiger partial charge is 0.0716 e. The van der Waals surface area contributed by atoms with Crippen LogP contribution in [-0.2, 0) is 0 Å².